The van der Waals surface area contributed by atoms with Gasteiger partial charge in [0.15, 0.2) is 6.61 Å². The minimum atomic E-state index is -0.643. The van der Waals surface area contributed by atoms with Crippen LogP contribution in [0.2, 0.25) is 0 Å². The largest absolute Gasteiger partial charge is 0.484 e. The summed E-state index contributed by atoms with van der Waals surface area (Å²) in [6, 6.07) is 7.97. The van der Waals surface area contributed by atoms with Crippen molar-refractivity contribution < 1.29 is 27.5 Å². The lowest BCUT2D eigenvalue weighted by Gasteiger charge is -2.09. The van der Waals surface area contributed by atoms with Crippen molar-refractivity contribution in [3.63, 3.8) is 0 Å². The normalized spacial score (nSPS) is 10.2. The number of hydrogen-bond donors (Lipinski definition) is 2. The highest BCUT2D eigenvalue weighted by Gasteiger charge is 2.09. The van der Waals surface area contributed by atoms with Crippen LogP contribution in [0.15, 0.2) is 47.4 Å². The number of amides is 2. The molecule has 0 radical (unpaired) electrons. The Morgan fingerprint density at radius 2 is 1.56 bits per heavy atom. The Hall–Kier alpha value is -2.68. The van der Waals surface area contributed by atoms with Crippen molar-refractivity contribution in [2.24, 2.45) is 0 Å². The molecular formula is C16H13F3N2O3S. The van der Waals surface area contributed by atoms with E-state index < -0.39 is 35.9 Å². The number of ether oxygens (including phenoxy) is 1. The fourth-order valence-electron chi connectivity index (χ4n) is 1.62. The summed E-state index contributed by atoms with van der Waals surface area (Å²) in [4.78, 5) is 23.1. The number of carbonyl (C=O) groups is 2. The van der Waals surface area contributed by atoms with E-state index in [0.717, 1.165) is 30.0 Å². The third-order valence-electron chi connectivity index (χ3n) is 2.78. The number of rotatable bonds is 6. The van der Waals surface area contributed by atoms with E-state index in [2.05, 4.69) is 10.9 Å². The summed E-state index contributed by atoms with van der Waals surface area (Å²) < 4.78 is 44.2. The van der Waals surface area contributed by atoms with Crippen LogP contribution in [0.3, 0.4) is 0 Å². The van der Waals surface area contributed by atoms with E-state index in [4.69, 9.17) is 4.74 Å². The van der Waals surface area contributed by atoms with Gasteiger partial charge in [0.2, 0.25) is 5.91 Å². The van der Waals surface area contributed by atoms with Gasteiger partial charge in [-0.2, -0.15) is 0 Å². The fraction of sp³-hybridized carbons (Fsp3) is 0.125. The number of thioether (sulfide) groups is 1. The van der Waals surface area contributed by atoms with E-state index in [0.29, 0.717) is 5.75 Å². The molecule has 0 heterocycles. The molecule has 0 aliphatic heterocycles. The molecular weight excluding hydrogens is 357 g/mol. The molecule has 0 fully saturated rings. The maximum absolute atomic E-state index is 13.4. The third kappa shape index (κ3) is 6.38. The van der Waals surface area contributed by atoms with Gasteiger partial charge >= 0.3 is 0 Å². The van der Waals surface area contributed by atoms with E-state index in [9.17, 15) is 22.8 Å². The molecule has 0 spiro atoms. The Balaban J connectivity index is 1.69. The van der Waals surface area contributed by atoms with E-state index in [-0.39, 0.29) is 10.6 Å². The van der Waals surface area contributed by atoms with Crippen LogP contribution in [0.1, 0.15) is 0 Å². The van der Waals surface area contributed by atoms with Gasteiger partial charge in [-0.3, -0.25) is 20.4 Å². The molecule has 0 unspecified atom stereocenters. The molecule has 0 saturated carbocycles. The second-order valence-electron chi connectivity index (χ2n) is 4.70. The number of halogens is 3. The first-order valence-electron chi connectivity index (χ1n) is 6.98. The molecule has 2 N–H and O–H groups in total. The van der Waals surface area contributed by atoms with Gasteiger partial charge < -0.3 is 4.74 Å². The number of hydrogen-bond acceptors (Lipinski definition) is 4. The van der Waals surface area contributed by atoms with E-state index in [1.807, 2.05) is 0 Å². The zero-order valence-electron chi connectivity index (χ0n) is 12.7. The van der Waals surface area contributed by atoms with Crippen molar-refractivity contribution >= 4 is 23.6 Å². The Morgan fingerprint density at radius 3 is 2.28 bits per heavy atom. The first-order valence-corrected chi connectivity index (χ1v) is 7.96. The number of benzene rings is 2. The van der Waals surface area contributed by atoms with Crippen LogP contribution in [0.25, 0.3) is 0 Å². The van der Waals surface area contributed by atoms with Gasteiger partial charge in [-0.1, -0.05) is 0 Å². The van der Waals surface area contributed by atoms with Gasteiger partial charge in [0, 0.05) is 4.90 Å². The first-order chi connectivity index (χ1) is 11.9. The monoisotopic (exact) mass is 370 g/mol. The van der Waals surface area contributed by atoms with E-state index in [1.54, 1.807) is 0 Å². The van der Waals surface area contributed by atoms with Crippen LogP contribution in [0.5, 0.6) is 5.75 Å². The number of hydrazine groups is 1. The van der Waals surface area contributed by atoms with E-state index in [1.165, 1.54) is 24.3 Å². The number of carbonyl (C=O) groups excluding carboxylic acids is 2. The summed E-state index contributed by atoms with van der Waals surface area (Å²) in [5.41, 5.74) is 4.22. The molecule has 132 valence electrons. The molecule has 0 atom stereocenters. The Bertz CT molecular complexity index is 757. The van der Waals surface area contributed by atoms with Crippen LogP contribution in [0, 0.1) is 17.5 Å². The molecule has 9 heteroatoms. The fourth-order valence-corrected chi connectivity index (χ4v) is 2.38. The van der Waals surface area contributed by atoms with Gasteiger partial charge in [-0.15, -0.1) is 11.8 Å². The smallest absolute Gasteiger partial charge is 0.276 e. The van der Waals surface area contributed by atoms with Crippen molar-refractivity contribution in [1.29, 1.82) is 0 Å². The molecule has 2 rings (SSSR count). The lowest BCUT2D eigenvalue weighted by atomic mass is 10.3. The predicted molar refractivity (Wildman–Crippen MR) is 85.3 cm³/mol. The number of nitrogens with one attached hydrogen (secondary N) is 2. The molecule has 0 aliphatic rings. The summed E-state index contributed by atoms with van der Waals surface area (Å²) in [7, 11) is 0. The molecule has 0 saturated heterocycles. The summed E-state index contributed by atoms with van der Waals surface area (Å²) in [5, 5.41) is 0. The van der Waals surface area contributed by atoms with Crippen molar-refractivity contribution in [2.45, 2.75) is 4.90 Å². The summed E-state index contributed by atoms with van der Waals surface area (Å²) in [6.45, 7) is -0.391. The summed E-state index contributed by atoms with van der Waals surface area (Å²) >= 11 is 0.787. The summed E-state index contributed by atoms with van der Waals surface area (Å²) in [5.74, 6) is -2.87. The first kappa shape index (κ1) is 18.7. The molecule has 25 heavy (non-hydrogen) atoms. The van der Waals surface area contributed by atoms with Crippen molar-refractivity contribution in [1.82, 2.24) is 10.9 Å². The van der Waals surface area contributed by atoms with Crippen molar-refractivity contribution in [3.05, 3.63) is 59.9 Å². The molecule has 0 aliphatic carbocycles. The minimum Gasteiger partial charge on any atom is -0.484 e. The average molecular weight is 370 g/mol. The lowest BCUT2D eigenvalue weighted by molar-refractivity contribution is -0.128. The summed E-state index contributed by atoms with van der Waals surface area (Å²) in [6.07, 6.45) is 0. The highest BCUT2D eigenvalue weighted by atomic mass is 32.2. The maximum atomic E-state index is 13.4. The Kier molecular flexibility index (Phi) is 6.70. The minimum absolute atomic E-state index is 0.0129. The Labute approximate surface area is 145 Å². The van der Waals surface area contributed by atoms with Crippen LogP contribution in [-0.4, -0.2) is 24.2 Å². The molecule has 2 amide bonds. The van der Waals surface area contributed by atoms with Crippen LogP contribution in [0.4, 0.5) is 13.2 Å². The highest BCUT2D eigenvalue weighted by molar-refractivity contribution is 8.00. The molecule has 2 aromatic carbocycles. The molecule has 0 bridgehead atoms. The van der Waals surface area contributed by atoms with Crippen LogP contribution >= 0.6 is 11.8 Å². The third-order valence-corrected chi connectivity index (χ3v) is 3.81. The van der Waals surface area contributed by atoms with Crippen molar-refractivity contribution in [3.8, 4) is 5.75 Å². The zero-order valence-corrected chi connectivity index (χ0v) is 13.5. The molecule has 2 aromatic rings. The van der Waals surface area contributed by atoms with Crippen LogP contribution in [-0.2, 0) is 9.59 Å². The second-order valence-corrected chi connectivity index (χ2v) is 5.72. The average Bonchev–Trinajstić information content (AvgIpc) is 2.60. The topological polar surface area (TPSA) is 67.4 Å². The maximum Gasteiger partial charge on any atom is 0.276 e. The second kappa shape index (κ2) is 8.97. The molecule has 0 aromatic heterocycles. The SMILES string of the molecule is O=C(COc1ccc(F)cc1)NNC(=O)CSc1cc(F)ccc1F. The standard InChI is InChI=1S/C16H13F3N2O3S/c17-10-1-4-12(5-2-10)24-8-15(22)20-21-16(23)9-25-14-7-11(18)3-6-13(14)19/h1-7H,8-9H2,(H,20,22)(H,21,23). The zero-order chi connectivity index (χ0) is 18.2. The van der Waals surface area contributed by atoms with E-state index >= 15 is 0 Å². The quantitative estimate of drug-likeness (QED) is 0.605. The predicted octanol–water partition coefficient (Wildman–Crippen LogP) is 2.42. The molecule has 5 nitrogen and oxygen atoms in total. The highest BCUT2D eigenvalue weighted by Crippen LogP contribution is 2.22. The lowest BCUT2D eigenvalue weighted by Crippen LogP contribution is -2.44. The Morgan fingerprint density at radius 1 is 0.920 bits per heavy atom. The van der Waals surface area contributed by atoms with Crippen molar-refractivity contribution in [2.75, 3.05) is 12.4 Å². The van der Waals surface area contributed by atoms with Gasteiger partial charge in [-0.25, -0.2) is 13.2 Å². The van der Waals surface area contributed by atoms with Gasteiger partial charge in [0.25, 0.3) is 5.91 Å². The van der Waals surface area contributed by atoms with Crippen LogP contribution < -0.4 is 15.6 Å². The van der Waals surface area contributed by atoms with Gasteiger partial charge in [-0.05, 0) is 42.5 Å². The van der Waals surface area contributed by atoms with Gasteiger partial charge in [0.05, 0.1) is 5.75 Å². The van der Waals surface area contributed by atoms with Gasteiger partial charge in [0.1, 0.15) is 23.2 Å².